The number of guanidine groups is 1. The van der Waals surface area contributed by atoms with Crippen molar-refractivity contribution in [2.24, 2.45) is 15.9 Å². The van der Waals surface area contributed by atoms with Crippen molar-refractivity contribution in [3.05, 3.63) is 81.5 Å². The lowest BCUT2D eigenvalue weighted by Gasteiger charge is -2.29. The summed E-state index contributed by atoms with van der Waals surface area (Å²) in [6.45, 7) is 4.04. The molecule has 1 unspecified atom stereocenters. The van der Waals surface area contributed by atoms with Crippen LogP contribution in [0, 0.1) is 5.92 Å². The lowest BCUT2D eigenvalue weighted by atomic mass is 9.91. The lowest BCUT2D eigenvalue weighted by Crippen LogP contribution is -2.36. The topological polar surface area (TPSA) is 104 Å². The zero-order valence-corrected chi connectivity index (χ0v) is 20.1. The summed E-state index contributed by atoms with van der Waals surface area (Å²) in [5.41, 5.74) is 5.72. The van der Waals surface area contributed by atoms with E-state index in [1.807, 2.05) is 50.2 Å². The summed E-state index contributed by atoms with van der Waals surface area (Å²) >= 11 is 7.82. The molecule has 1 atom stereocenters. The van der Waals surface area contributed by atoms with Crippen LogP contribution in [0.3, 0.4) is 0 Å². The van der Waals surface area contributed by atoms with Crippen LogP contribution in [0.5, 0.6) is 0 Å². The molecule has 2 aliphatic heterocycles. The highest BCUT2D eigenvalue weighted by Crippen LogP contribution is 2.37. The monoisotopic (exact) mass is 491 g/mol. The molecule has 0 radical (unpaired) electrons. The van der Waals surface area contributed by atoms with Gasteiger partial charge in [-0.25, -0.2) is 4.99 Å². The predicted molar refractivity (Wildman–Crippen MR) is 136 cm³/mol. The maximum Gasteiger partial charge on any atom is 0.257 e. The number of para-hydroxylation sites is 1. The number of aromatic nitrogens is 2. The number of hydrogen-bond acceptors (Lipinski definition) is 7. The SMILES string of the molecule is CC(C)C1=C(C(=O)Nc2nncs2)C(c2ccccc2Cl)N=C(/N=C2/Cc3ccccc3N2)N1. The largest absolute Gasteiger partial charge is 0.343 e. The number of rotatable bonds is 4. The van der Waals surface area contributed by atoms with Gasteiger partial charge < -0.3 is 10.6 Å². The highest BCUT2D eigenvalue weighted by molar-refractivity contribution is 7.13. The molecule has 0 saturated carbocycles. The highest BCUT2D eigenvalue weighted by Gasteiger charge is 2.33. The third-order valence-electron chi connectivity index (χ3n) is 5.56. The molecule has 0 spiro atoms. The number of anilines is 2. The Morgan fingerprint density at radius 2 is 1.97 bits per heavy atom. The van der Waals surface area contributed by atoms with E-state index in [9.17, 15) is 4.79 Å². The minimum absolute atomic E-state index is 0.000378. The minimum atomic E-state index is -0.636. The third-order valence-corrected chi connectivity index (χ3v) is 6.51. The van der Waals surface area contributed by atoms with E-state index in [0.29, 0.717) is 28.1 Å². The fraction of sp³-hybridized carbons (Fsp3) is 0.208. The van der Waals surface area contributed by atoms with Crippen molar-refractivity contribution in [2.45, 2.75) is 26.3 Å². The molecule has 0 saturated heterocycles. The molecule has 0 fully saturated rings. The number of nitrogens with zero attached hydrogens (tertiary/aromatic N) is 4. The molecule has 0 aliphatic carbocycles. The molecule has 3 aromatic rings. The van der Waals surface area contributed by atoms with Crippen molar-refractivity contribution >= 4 is 51.5 Å². The summed E-state index contributed by atoms with van der Waals surface area (Å²) in [6, 6.07) is 14.9. The van der Waals surface area contributed by atoms with Crippen molar-refractivity contribution in [2.75, 3.05) is 10.6 Å². The highest BCUT2D eigenvalue weighted by atomic mass is 35.5. The number of amides is 1. The number of carbonyl (C=O) groups is 1. The summed E-state index contributed by atoms with van der Waals surface area (Å²) in [7, 11) is 0. The Hall–Kier alpha value is -3.56. The molecule has 0 bridgehead atoms. The predicted octanol–water partition coefficient (Wildman–Crippen LogP) is 4.81. The van der Waals surface area contributed by atoms with Crippen molar-refractivity contribution in [1.82, 2.24) is 15.5 Å². The van der Waals surface area contributed by atoms with E-state index in [0.717, 1.165) is 22.8 Å². The van der Waals surface area contributed by atoms with Gasteiger partial charge in [-0.15, -0.1) is 10.2 Å². The molecule has 172 valence electrons. The first kappa shape index (κ1) is 22.2. The van der Waals surface area contributed by atoms with E-state index in [2.05, 4.69) is 32.2 Å². The zero-order chi connectivity index (χ0) is 23.7. The van der Waals surface area contributed by atoms with Crippen LogP contribution >= 0.6 is 22.9 Å². The van der Waals surface area contributed by atoms with Gasteiger partial charge in [-0.05, 0) is 23.6 Å². The molecule has 5 rings (SSSR count). The normalized spacial score (nSPS) is 18.4. The zero-order valence-electron chi connectivity index (χ0n) is 18.5. The quantitative estimate of drug-likeness (QED) is 0.486. The fourth-order valence-corrected chi connectivity index (χ4v) is 4.68. The van der Waals surface area contributed by atoms with Gasteiger partial charge in [-0.2, -0.15) is 4.99 Å². The molecule has 2 aliphatic rings. The van der Waals surface area contributed by atoms with Gasteiger partial charge in [0.25, 0.3) is 5.91 Å². The molecule has 1 aromatic heterocycles. The Bertz CT molecular complexity index is 1300. The number of halogens is 1. The van der Waals surface area contributed by atoms with Gasteiger partial charge in [0, 0.05) is 28.4 Å². The number of amidine groups is 1. The first-order valence-electron chi connectivity index (χ1n) is 10.8. The second kappa shape index (κ2) is 9.36. The van der Waals surface area contributed by atoms with E-state index in [1.165, 1.54) is 16.9 Å². The number of carbonyl (C=O) groups excluding carboxylic acids is 1. The third kappa shape index (κ3) is 4.44. The molecule has 3 heterocycles. The fourth-order valence-electron chi connectivity index (χ4n) is 4.00. The summed E-state index contributed by atoms with van der Waals surface area (Å²) in [5, 5.41) is 18.2. The molecule has 3 N–H and O–H groups in total. The van der Waals surface area contributed by atoms with Gasteiger partial charge in [0.15, 0.2) is 0 Å². The van der Waals surface area contributed by atoms with Crippen LogP contribution in [0.4, 0.5) is 10.8 Å². The van der Waals surface area contributed by atoms with E-state index >= 15 is 0 Å². The first-order valence-corrected chi connectivity index (χ1v) is 12.1. The van der Waals surface area contributed by atoms with E-state index in [4.69, 9.17) is 21.6 Å². The van der Waals surface area contributed by atoms with E-state index in [-0.39, 0.29) is 11.8 Å². The number of fused-ring (bicyclic) bond motifs is 1. The first-order chi connectivity index (χ1) is 16.5. The van der Waals surface area contributed by atoms with Crippen LogP contribution in [-0.4, -0.2) is 27.9 Å². The molecular formula is C24H22ClN7OS. The number of benzene rings is 2. The maximum atomic E-state index is 13.4. The molecule has 10 heteroatoms. The van der Waals surface area contributed by atoms with E-state index in [1.54, 1.807) is 11.6 Å². The molecule has 1 amide bonds. The number of hydrogen-bond donors (Lipinski definition) is 3. The number of allylic oxidation sites excluding steroid dienone is 1. The Kier molecular flexibility index (Phi) is 6.12. The lowest BCUT2D eigenvalue weighted by molar-refractivity contribution is -0.113. The average Bonchev–Trinajstić information content (AvgIpc) is 3.48. The Morgan fingerprint density at radius 3 is 2.71 bits per heavy atom. The number of aliphatic imine (C=N–C) groups is 2. The van der Waals surface area contributed by atoms with Crippen LogP contribution in [0.15, 0.2) is 75.3 Å². The number of nitrogens with one attached hydrogen (secondary N) is 3. The molecule has 2 aromatic carbocycles. The molecule has 34 heavy (non-hydrogen) atoms. The summed E-state index contributed by atoms with van der Waals surface area (Å²) in [4.78, 5) is 23.1. The second-order valence-electron chi connectivity index (χ2n) is 8.20. The van der Waals surface area contributed by atoms with Gasteiger partial charge in [0.05, 0.1) is 5.57 Å². The summed E-state index contributed by atoms with van der Waals surface area (Å²) < 4.78 is 0. The van der Waals surface area contributed by atoms with Crippen molar-refractivity contribution in [3.8, 4) is 0 Å². The van der Waals surface area contributed by atoms with Crippen LogP contribution in [0.1, 0.15) is 31.0 Å². The van der Waals surface area contributed by atoms with Crippen molar-refractivity contribution in [3.63, 3.8) is 0 Å². The van der Waals surface area contributed by atoms with Crippen LogP contribution in [0.25, 0.3) is 0 Å². The van der Waals surface area contributed by atoms with Gasteiger partial charge in [0.2, 0.25) is 11.1 Å². The van der Waals surface area contributed by atoms with Gasteiger partial charge >= 0.3 is 0 Å². The van der Waals surface area contributed by atoms with Crippen LogP contribution in [0.2, 0.25) is 5.02 Å². The van der Waals surface area contributed by atoms with E-state index < -0.39 is 6.04 Å². The standard InChI is InChI=1S/C24H22ClN7OS/c1-13(2)20-19(22(33)31-24-32-26-12-34-24)21(15-8-4-5-9-16(15)25)30-23(29-20)28-18-11-14-7-3-6-10-17(14)27-18/h3-10,12-13,21H,11H2,1-2H3,(H,31,32,33)(H2,27,28,29,30). The maximum absolute atomic E-state index is 13.4. The van der Waals surface area contributed by atoms with Crippen molar-refractivity contribution < 1.29 is 4.79 Å². The molecular weight excluding hydrogens is 470 g/mol. The summed E-state index contributed by atoms with van der Waals surface area (Å²) in [5.74, 6) is 0.908. The van der Waals surface area contributed by atoms with Crippen LogP contribution < -0.4 is 16.0 Å². The second-order valence-corrected chi connectivity index (χ2v) is 9.44. The Labute approximate surface area is 205 Å². The average molecular weight is 492 g/mol. The van der Waals surface area contributed by atoms with Gasteiger partial charge in [-0.3, -0.25) is 10.1 Å². The van der Waals surface area contributed by atoms with Gasteiger partial charge in [-0.1, -0.05) is 73.2 Å². The smallest absolute Gasteiger partial charge is 0.257 e. The summed E-state index contributed by atoms with van der Waals surface area (Å²) in [6.07, 6.45) is 0.679. The minimum Gasteiger partial charge on any atom is -0.343 e. The van der Waals surface area contributed by atoms with Crippen LogP contribution in [-0.2, 0) is 11.2 Å². The Morgan fingerprint density at radius 1 is 1.18 bits per heavy atom. The Balaban J connectivity index is 1.56. The van der Waals surface area contributed by atoms with Crippen molar-refractivity contribution in [1.29, 1.82) is 0 Å². The molecule has 8 nitrogen and oxygen atoms in total. The van der Waals surface area contributed by atoms with Gasteiger partial charge in [0.1, 0.15) is 17.4 Å².